The van der Waals surface area contributed by atoms with Gasteiger partial charge in [0, 0.05) is 0 Å². The Labute approximate surface area is 130 Å². The van der Waals surface area contributed by atoms with Crippen LogP contribution >= 0.6 is 0 Å². The molecule has 2 rings (SSSR count). The molecule has 136 valence electrons. The standard InChI is InChI=1S/C12H22O11/c13-1-3-5(15)7(17)8(18)12(22-3)23-10-6(16)4(2-14)21-11(20)9(10)19/h3-20H,1-2H2/t3-,4-,5-,6-,7+,8-,9-,10+,11?,12-/m0/s1. The van der Waals surface area contributed by atoms with E-state index in [4.69, 9.17) is 24.4 Å². The Bertz CT molecular complexity index is 380. The minimum atomic E-state index is -1.76. The van der Waals surface area contributed by atoms with Crippen LogP contribution in [-0.2, 0) is 14.2 Å². The van der Waals surface area contributed by atoms with E-state index in [1.807, 2.05) is 0 Å². The van der Waals surface area contributed by atoms with Crippen LogP contribution in [0.1, 0.15) is 0 Å². The topological polar surface area (TPSA) is 190 Å². The summed E-state index contributed by atoms with van der Waals surface area (Å²) in [5, 5.41) is 76.8. The molecule has 2 heterocycles. The van der Waals surface area contributed by atoms with Crippen LogP contribution in [0, 0.1) is 0 Å². The molecule has 0 saturated carbocycles. The van der Waals surface area contributed by atoms with Crippen LogP contribution in [0.15, 0.2) is 0 Å². The second-order valence-electron chi connectivity index (χ2n) is 5.53. The molecule has 2 saturated heterocycles. The van der Waals surface area contributed by atoms with E-state index < -0.39 is 74.6 Å². The number of hydrogen-bond acceptors (Lipinski definition) is 11. The Morgan fingerprint density at radius 1 is 0.652 bits per heavy atom. The van der Waals surface area contributed by atoms with E-state index in [0.29, 0.717) is 0 Å². The maximum absolute atomic E-state index is 10.00. The first kappa shape index (κ1) is 18.9. The predicted octanol–water partition coefficient (Wildman–Crippen LogP) is -5.40. The van der Waals surface area contributed by atoms with E-state index >= 15 is 0 Å². The third kappa shape index (κ3) is 3.65. The van der Waals surface area contributed by atoms with E-state index in [1.165, 1.54) is 0 Å². The molecule has 0 radical (unpaired) electrons. The molecule has 2 fully saturated rings. The van der Waals surface area contributed by atoms with Crippen LogP contribution in [-0.4, -0.2) is 115 Å². The number of aliphatic hydroxyl groups is 8. The Hall–Kier alpha value is -0.440. The lowest BCUT2D eigenvalue weighted by molar-refractivity contribution is -0.355. The summed E-state index contributed by atoms with van der Waals surface area (Å²) in [4.78, 5) is 0. The van der Waals surface area contributed by atoms with Crippen molar-refractivity contribution in [2.75, 3.05) is 13.2 Å². The summed E-state index contributed by atoms with van der Waals surface area (Å²) in [6.45, 7) is -1.34. The SMILES string of the molecule is OC[C@@H]1O[C@@H](O[C@@H]2[C@@H](O)[C@H](CO)OC(O)[C@H]2O)[C@@H](O)[C@H](O)[C@H]1O. The molecule has 0 aliphatic carbocycles. The lowest BCUT2D eigenvalue weighted by Gasteiger charge is -2.45. The van der Waals surface area contributed by atoms with Crippen LogP contribution in [0.5, 0.6) is 0 Å². The van der Waals surface area contributed by atoms with Crippen molar-refractivity contribution in [2.24, 2.45) is 0 Å². The predicted molar refractivity (Wildman–Crippen MR) is 68.6 cm³/mol. The maximum atomic E-state index is 10.00. The third-order valence-corrected chi connectivity index (χ3v) is 3.98. The number of rotatable bonds is 4. The highest BCUT2D eigenvalue weighted by Gasteiger charge is 2.50. The third-order valence-electron chi connectivity index (χ3n) is 3.98. The van der Waals surface area contributed by atoms with Gasteiger partial charge in [0.2, 0.25) is 0 Å². The van der Waals surface area contributed by atoms with E-state index in [2.05, 4.69) is 0 Å². The summed E-state index contributed by atoms with van der Waals surface area (Å²) < 4.78 is 15.1. The van der Waals surface area contributed by atoms with Gasteiger partial charge in [0.05, 0.1) is 13.2 Å². The zero-order valence-electron chi connectivity index (χ0n) is 12.0. The minimum Gasteiger partial charge on any atom is -0.394 e. The number of ether oxygens (including phenoxy) is 3. The molecule has 0 spiro atoms. The first-order chi connectivity index (χ1) is 10.8. The van der Waals surface area contributed by atoms with Crippen molar-refractivity contribution in [2.45, 2.75) is 61.4 Å². The van der Waals surface area contributed by atoms with E-state index in [9.17, 15) is 30.6 Å². The summed E-state index contributed by atoms with van der Waals surface area (Å²) in [6.07, 6.45) is -15.7. The highest BCUT2D eigenvalue weighted by molar-refractivity contribution is 4.93. The lowest BCUT2D eigenvalue weighted by atomic mass is 9.97. The summed E-state index contributed by atoms with van der Waals surface area (Å²) in [6, 6.07) is 0. The molecule has 11 heteroatoms. The Morgan fingerprint density at radius 3 is 1.78 bits per heavy atom. The van der Waals surface area contributed by atoms with Gasteiger partial charge >= 0.3 is 0 Å². The van der Waals surface area contributed by atoms with Gasteiger partial charge in [-0.15, -0.1) is 0 Å². The summed E-state index contributed by atoms with van der Waals surface area (Å²) in [5.41, 5.74) is 0. The van der Waals surface area contributed by atoms with Crippen molar-refractivity contribution in [3.05, 3.63) is 0 Å². The summed E-state index contributed by atoms with van der Waals surface area (Å²) in [5.74, 6) is 0. The van der Waals surface area contributed by atoms with Crippen molar-refractivity contribution in [1.82, 2.24) is 0 Å². The van der Waals surface area contributed by atoms with E-state index in [0.717, 1.165) is 0 Å². The monoisotopic (exact) mass is 342 g/mol. The molecule has 1 unspecified atom stereocenters. The lowest BCUT2D eigenvalue weighted by Crippen LogP contribution is -2.64. The Morgan fingerprint density at radius 2 is 1.22 bits per heavy atom. The smallest absolute Gasteiger partial charge is 0.187 e. The van der Waals surface area contributed by atoms with Crippen LogP contribution in [0.3, 0.4) is 0 Å². The van der Waals surface area contributed by atoms with E-state index in [-0.39, 0.29) is 0 Å². The van der Waals surface area contributed by atoms with Crippen LogP contribution in [0.25, 0.3) is 0 Å². The first-order valence-electron chi connectivity index (χ1n) is 7.08. The molecular weight excluding hydrogens is 320 g/mol. The molecule has 0 amide bonds. The zero-order valence-corrected chi connectivity index (χ0v) is 12.0. The highest BCUT2D eigenvalue weighted by Crippen LogP contribution is 2.28. The molecule has 0 aromatic heterocycles. The van der Waals surface area contributed by atoms with Gasteiger partial charge in [-0.2, -0.15) is 0 Å². The molecular formula is C12H22O11. The molecule has 2 aliphatic heterocycles. The molecule has 2 aliphatic rings. The van der Waals surface area contributed by atoms with Crippen LogP contribution in [0.4, 0.5) is 0 Å². The van der Waals surface area contributed by atoms with Gasteiger partial charge in [0.25, 0.3) is 0 Å². The van der Waals surface area contributed by atoms with Gasteiger partial charge in [0.15, 0.2) is 12.6 Å². The molecule has 0 aromatic rings. The normalized spacial score (nSPS) is 51.7. The van der Waals surface area contributed by atoms with Gasteiger partial charge in [0.1, 0.15) is 48.8 Å². The van der Waals surface area contributed by atoms with Gasteiger partial charge in [-0.1, -0.05) is 0 Å². The van der Waals surface area contributed by atoms with Crippen molar-refractivity contribution in [3.63, 3.8) is 0 Å². The molecule has 0 aromatic carbocycles. The van der Waals surface area contributed by atoms with Gasteiger partial charge in [-0.3, -0.25) is 0 Å². The van der Waals surface area contributed by atoms with Crippen molar-refractivity contribution in [3.8, 4) is 0 Å². The van der Waals surface area contributed by atoms with Gasteiger partial charge in [-0.25, -0.2) is 0 Å². The zero-order chi connectivity index (χ0) is 17.3. The average Bonchev–Trinajstić information content (AvgIpc) is 2.54. The quantitative estimate of drug-likeness (QED) is 0.243. The summed E-state index contributed by atoms with van der Waals surface area (Å²) >= 11 is 0. The number of hydrogen-bond donors (Lipinski definition) is 8. The fourth-order valence-corrected chi connectivity index (χ4v) is 2.56. The maximum Gasteiger partial charge on any atom is 0.187 e. The second kappa shape index (κ2) is 7.63. The van der Waals surface area contributed by atoms with Crippen molar-refractivity contribution in [1.29, 1.82) is 0 Å². The van der Waals surface area contributed by atoms with Crippen LogP contribution < -0.4 is 0 Å². The molecule has 23 heavy (non-hydrogen) atoms. The average molecular weight is 342 g/mol. The molecule has 8 N–H and O–H groups in total. The fourth-order valence-electron chi connectivity index (χ4n) is 2.56. The van der Waals surface area contributed by atoms with Gasteiger partial charge < -0.3 is 55.1 Å². The second-order valence-corrected chi connectivity index (χ2v) is 5.53. The largest absolute Gasteiger partial charge is 0.394 e. The summed E-state index contributed by atoms with van der Waals surface area (Å²) in [7, 11) is 0. The minimum absolute atomic E-state index is 0.667. The first-order valence-corrected chi connectivity index (χ1v) is 7.08. The van der Waals surface area contributed by atoms with E-state index in [1.54, 1.807) is 0 Å². The molecule has 0 bridgehead atoms. The van der Waals surface area contributed by atoms with Crippen molar-refractivity contribution >= 4 is 0 Å². The Kier molecular flexibility index (Phi) is 6.27. The fraction of sp³-hybridized carbons (Fsp3) is 1.00. The van der Waals surface area contributed by atoms with Crippen molar-refractivity contribution < 1.29 is 55.1 Å². The molecule has 11 nitrogen and oxygen atoms in total. The van der Waals surface area contributed by atoms with Gasteiger partial charge in [-0.05, 0) is 0 Å². The number of aliphatic hydroxyl groups excluding tert-OH is 8. The highest BCUT2D eigenvalue weighted by atomic mass is 16.7. The molecule has 10 atom stereocenters. The van der Waals surface area contributed by atoms with Crippen LogP contribution in [0.2, 0.25) is 0 Å². The Balaban J connectivity index is 2.11.